The Balaban J connectivity index is 1.67. The van der Waals surface area contributed by atoms with Gasteiger partial charge in [0.05, 0.1) is 59.3 Å². The first kappa shape index (κ1) is 28.8. The topological polar surface area (TPSA) is 212 Å². The van der Waals surface area contributed by atoms with Gasteiger partial charge in [-0.2, -0.15) is 0 Å². The fourth-order valence-corrected chi connectivity index (χ4v) is 6.02. The van der Waals surface area contributed by atoms with Crippen molar-refractivity contribution in [2.45, 2.75) is 75.5 Å². The second-order valence-electron chi connectivity index (χ2n) is 10.7. The van der Waals surface area contributed by atoms with Crippen LogP contribution in [0.3, 0.4) is 0 Å². The number of phenolic OH excluding ortho intramolecular Hbond substituents is 3. The lowest BCUT2D eigenvalue weighted by Gasteiger charge is -2.44. The van der Waals surface area contributed by atoms with Crippen LogP contribution >= 0.6 is 0 Å². The van der Waals surface area contributed by atoms with Crippen LogP contribution in [0, 0.1) is 0 Å². The minimum Gasteiger partial charge on any atom is -0.507 e. The Kier molecular flexibility index (Phi) is 7.20. The summed E-state index contributed by atoms with van der Waals surface area (Å²) in [5, 5.41) is 68.1. The minimum absolute atomic E-state index is 0.0257. The molecule has 13 heteroatoms. The summed E-state index contributed by atoms with van der Waals surface area (Å²) < 4.78 is 17.1. The average molecular weight is 574 g/mol. The highest BCUT2D eigenvalue weighted by Crippen LogP contribution is 2.53. The third-order valence-electron chi connectivity index (χ3n) is 8.29. The van der Waals surface area contributed by atoms with Gasteiger partial charge < -0.3 is 50.2 Å². The first-order chi connectivity index (χ1) is 19.3. The maximum Gasteiger partial charge on any atom is 0.207 e. The molecule has 0 radical (unpaired) electrons. The number of carbonyl (C=O) groups is 3. The van der Waals surface area contributed by atoms with E-state index >= 15 is 0 Å². The van der Waals surface area contributed by atoms with Crippen molar-refractivity contribution < 1.29 is 59.2 Å². The molecule has 13 nitrogen and oxygen atoms in total. The first-order valence-corrected chi connectivity index (χ1v) is 13.0. The van der Waals surface area contributed by atoms with Gasteiger partial charge in [0.1, 0.15) is 29.1 Å². The fourth-order valence-electron chi connectivity index (χ4n) is 6.02. The molecule has 220 valence electrons. The van der Waals surface area contributed by atoms with E-state index in [0.717, 1.165) is 6.07 Å². The van der Waals surface area contributed by atoms with E-state index < -0.39 is 94.3 Å². The van der Waals surface area contributed by atoms with Gasteiger partial charge in [0, 0.05) is 30.4 Å². The predicted octanol–water partition coefficient (Wildman–Crippen LogP) is 0.314. The standard InChI is InChI=1S/C28H31NO12/c1-10-23(33)13(29-9-30)6-17(40-10)41-16-8-28(38,11(2)31)7-12-18(16)25(35)22-21(24(12)34)26(36)19-14(32)4-5-15(39-3)20(19)27(22)37/h4-5,9-11,13,16-17,23,31-35,38H,6-8H2,1-3H3,(H,29,30)/t10-,11?,13-,16-,17-,23+,28-/m0/s1. The summed E-state index contributed by atoms with van der Waals surface area (Å²) in [5.74, 6) is -3.83. The van der Waals surface area contributed by atoms with E-state index in [1.165, 1.54) is 20.1 Å². The molecular weight excluding hydrogens is 542 g/mol. The maximum atomic E-state index is 13.7. The molecular formula is C28H31NO12. The van der Waals surface area contributed by atoms with Crippen LogP contribution in [0.2, 0.25) is 0 Å². The second-order valence-corrected chi connectivity index (χ2v) is 10.7. The highest BCUT2D eigenvalue weighted by molar-refractivity contribution is 6.32. The number of methoxy groups -OCH3 is 1. The number of amides is 1. The Hall–Kier alpha value is -3.75. The van der Waals surface area contributed by atoms with E-state index in [2.05, 4.69) is 5.32 Å². The number of fused-ring (bicyclic) bond motifs is 3. The molecule has 41 heavy (non-hydrogen) atoms. The average Bonchev–Trinajstić information content (AvgIpc) is 2.91. The molecule has 5 rings (SSSR count). The van der Waals surface area contributed by atoms with E-state index in [-0.39, 0.29) is 35.3 Å². The smallest absolute Gasteiger partial charge is 0.207 e. The van der Waals surface area contributed by atoms with Crippen molar-refractivity contribution in [3.05, 3.63) is 45.5 Å². The van der Waals surface area contributed by atoms with E-state index in [4.69, 9.17) is 14.2 Å². The van der Waals surface area contributed by atoms with Gasteiger partial charge in [-0.05, 0) is 26.0 Å². The summed E-state index contributed by atoms with van der Waals surface area (Å²) in [7, 11) is 1.26. The third kappa shape index (κ3) is 4.41. The highest BCUT2D eigenvalue weighted by atomic mass is 16.7. The molecule has 1 aliphatic heterocycles. The molecule has 7 N–H and O–H groups in total. The molecule has 2 aromatic carbocycles. The van der Waals surface area contributed by atoms with Gasteiger partial charge in [-0.25, -0.2) is 0 Å². The van der Waals surface area contributed by atoms with Crippen molar-refractivity contribution in [3.8, 4) is 23.0 Å². The van der Waals surface area contributed by atoms with Gasteiger partial charge >= 0.3 is 0 Å². The van der Waals surface area contributed by atoms with Gasteiger partial charge in [0.15, 0.2) is 6.29 Å². The summed E-state index contributed by atoms with van der Waals surface area (Å²) in [4.78, 5) is 38.4. The van der Waals surface area contributed by atoms with Crippen molar-refractivity contribution >= 4 is 18.0 Å². The number of benzene rings is 2. The van der Waals surface area contributed by atoms with Crippen LogP contribution in [-0.2, 0) is 20.7 Å². The summed E-state index contributed by atoms with van der Waals surface area (Å²) in [6.07, 6.45) is -5.89. The number of ether oxygens (including phenoxy) is 3. The molecule has 0 spiro atoms. The Bertz CT molecular complexity index is 1440. The van der Waals surface area contributed by atoms with Crippen LogP contribution in [0.5, 0.6) is 23.0 Å². The van der Waals surface area contributed by atoms with Crippen molar-refractivity contribution in [1.82, 2.24) is 5.32 Å². The van der Waals surface area contributed by atoms with Crippen molar-refractivity contribution in [1.29, 1.82) is 0 Å². The monoisotopic (exact) mass is 573 g/mol. The quantitative estimate of drug-likeness (QED) is 0.157. The first-order valence-electron chi connectivity index (χ1n) is 13.0. The van der Waals surface area contributed by atoms with Crippen molar-refractivity contribution in [3.63, 3.8) is 0 Å². The number of hydrogen-bond acceptors (Lipinski definition) is 12. The second kappa shape index (κ2) is 10.3. The number of aromatic hydroxyl groups is 3. The van der Waals surface area contributed by atoms with E-state index in [0.29, 0.717) is 6.41 Å². The van der Waals surface area contributed by atoms with E-state index in [1.807, 2.05) is 0 Å². The van der Waals surface area contributed by atoms with Gasteiger partial charge in [-0.1, -0.05) is 0 Å². The number of aliphatic hydroxyl groups is 3. The van der Waals surface area contributed by atoms with E-state index in [9.17, 15) is 45.0 Å². The number of hydrogen-bond donors (Lipinski definition) is 7. The molecule has 3 aliphatic rings. The van der Waals surface area contributed by atoms with Crippen LogP contribution in [0.25, 0.3) is 0 Å². The molecule has 0 aromatic heterocycles. The molecule has 1 saturated heterocycles. The zero-order valence-electron chi connectivity index (χ0n) is 22.5. The molecule has 1 heterocycles. The fraction of sp³-hybridized carbons (Fsp3) is 0.464. The normalized spacial score (nSPS) is 29.7. The Morgan fingerprint density at radius 2 is 1.76 bits per heavy atom. The lowest BCUT2D eigenvalue weighted by atomic mass is 9.71. The van der Waals surface area contributed by atoms with Gasteiger partial charge in [-0.15, -0.1) is 0 Å². The predicted molar refractivity (Wildman–Crippen MR) is 138 cm³/mol. The van der Waals surface area contributed by atoms with Crippen LogP contribution in [0.4, 0.5) is 0 Å². The Labute approximate surface area is 233 Å². The minimum atomic E-state index is -1.90. The van der Waals surface area contributed by atoms with Crippen LogP contribution < -0.4 is 10.1 Å². The molecule has 2 aromatic rings. The van der Waals surface area contributed by atoms with Gasteiger partial charge in [0.25, 0.3) is 0 Å². The van der Waals surface area contributed by atoms with E-state index in [1.54, 1.807) is 6.92 Å². The summed E-state index contributed by atoms with van der Waals surface area (Å²) >= 11 is 0. The highest BCUT2D eigenvalue weighted by Gasteiger charge is 2.49. The number of phenols is 3. The van der Waals surface area contributed by atoms with Crippen molar-refractivity contribution in [2.24, 2.45) is 0 Å². The van der Waals surface area contributed by atoms with Crippen LogP contribution in [0.15, 0.2) is 12.1 Å². The van der Waals surface area contributed by atoms with Crippen LogP contribution in [0.1, 0.15) is 75.8 Å². The molecule has 1 unspecified atom stereocenters. The number of ketones is 2. The molecule has 2 aliphatic carbocycles. The summed E-state index contributed by atoms with van der Waals surface area (Å²) in [5.41, 5.74) is -3.96. The SMILES string of the molecule is COc1ccc(O)c2c1C(=O)c1c(O)c3c(c(O)c1C2=O)C[C@@](O)(C(C)O)C[C@@H]3O[C@H]1C[C@H](NC=O)[C@H](O)[C@H](C)O1. The van der Waals surface area contributed by atoms with Gasteiger partial charge in [-0.3, -0.25) is 14.4 Å². The molecule has 1 amide bonds. The van der Waals surface area contributed by atoms with Crippen LogP contribution in [-0.4, -0.2) is 92.0 Å². The Morgan fingerprint density at radius 3 is 2.39 bits per heavy atom. The lowest BCUT2D eigenvalue weighted by molar-refractivity contribution is -0.252. The third-order valence-corrected chi connectivity index (χ3v) is 8.29. The number of rotatable bonds is 6. The molecule has 0 bridgehead atoms. The lowest BCUT2D eigenvalue weighted by Crippen LogP contribution is -2.54. The maximum absolute atomic E-state index is 13.7. The summed E-state index contributed by atoms with van der Waals surface area (Å²) in [6.45, 7) is 2.89. The zero-order valence-corrected chi connectivity index (χ0v) is 22.5. The number of nitrogens with one attached hydrogen (secondary N) is 1. The largest absolute Gasteiger partial charge is 0.507 e. The molecule has 0 saturated carbocycles. The molecule has 7 atom stereocenters. The zero-order chi connectivity index (χ0) is 30.0. The Morgan fingerprint density at radius 1 is 1.10 bits per heavy atom. The number of aliphatic hydroxyl groups excluding tert-OH is 2. The van der Waals surface area contributed by atoms with Gasteiger partial charge in [0.2, 0.25) is 18.0 Å². The van der Waals surface area contributed by atoms with Crippen molar-refractivity contribution in [2.75, 3.05) is 7.11 Å². The summed E-state index contributed by atoms with van der Waals surface area (Å²) in [6, 6.07) is 1.70. The number of carbonyl (C=O) groups excluding carboxylic acids is 3. The molecule has 1 fully saturated rings.